The Bertz CT molecular complexity index is 90.6. The molecule has 0 bridgehead atoms. The smallest absolute Gasteiger partial charge is 0.00414 e. The molecule has 1 heteroatoms. The van der Waals surface area contributed by atoms with Gasteiger partial charge in [-0.3, -0.25) is 0 Å². The van der Waals surface area contributed by atoms with Crippen molar-refractivity contribution < 1.29 is 0 Å². The minimum atomic E-state index is 0.746. The second-order valence-corrected chi connectivity index (χ2v) is 3.50. The summed E-state index contributed by atoms with van der Waals surface area (Å²) in [4.78, 5) is 0. The highest BCUT2D eigenvalue weighted by Gasteiger charge is 2.20. The van der Waals surface area contributed by atoms with Gasteiger partial charge in [-0.2, -0.15) is 0 Å². The zero-order valence-corrected chi connectivity index (χ0v) is 6.65. The Morgan fingerprint density at radius 3 is 2.22 bits per heavy atom. The second kappa shape index (κ2) is 2.70. The normalized spacial score (nSPS) is 45.0. The maximum absolute atomic E-state index is 3.46. The first-order chi connectivity index (χ1) is 4.20. The van der Waals surface area contributed by atoms with E-state index in [9.17, 15) is 0 Å². The van der Waals surface area contributed by atoms with Crippen molar-refractivity contribution in [2.75, 3.05) is 6.54 Å². The Morgan fingerprint density at radius 2 is 1.78 bits per heavy atom. The van der Waals surface area contributed by atoms with E-state index in [1.54, 1.807) is 0 Å². The summed E-state index contributed by atoms with van der Waals surface area (Å²) in [5, 5.41) is 3.46. The minimum Gasteiger partial charge on any atom is -0.314 e. The predicted molar refractivity (Wildman–Crippen MR) is 40.4 cm³/mol. The summed E-state index contributed by atoms with van der Waals surface area (Å²) in [6, 6.07) is 0.746. The molecular weight excluding hydrogens is 110 g/mol. The van der Waals surface area contributed by atoms with Crippen LogP contribution in [0.5, 0.6) is 0 Å². The molecule has 0 aromatic rings. The summed E-state index contributed by atoms with van der Waals surface area (Å²) in [6.07, 6.45) is 1.35. The molecule has 9 heavy (non-hydrogen) atoms. The monoisotopic (exact) mass is 127 g/mol. The van der Waals surface area contributed by atoms with Crippen LogP contribution in [-0.2, 0) is 0 Å². The maximum atomic E-state index is 3.46. The molecule has 1 saturated heterocycles. The number of rotatable bonds is 0. The summed E-state index contributed by atoms with van der Waals surface area (Å²) >= 11 is 0. The summed E-state index contributed by atoms with van der Waals surface area (Å²) in [6.45, 7) is 8.15. The quantitative estimate of drug-likeness (QED) is 0.521. The molecule has 3 unspecified atom stereocenters. The number of hydrogen-bond donors (Lipinski definition) is 1. The van der Waals surface area contributed by atoms with Crippen molar-refractivity contribution in [2.45, 2.75) is 33.2 Å². The summed E-state index contributed by atoms with van der Waals surface area (Å²) in [5.41, 5.74) is 0. The third kappa shape index (κ3) is 1.68. The Kier molecular flexibility index (Phi) is 2.12. The Balaban J connectivity index is 2.35. The van der Waals surface area contributed by atoms with Crippen LogP contribution in [0, 0.1) is 11.8 Å². The van der Waals surface area contributed by atoms with Gasteiger partial charge < -0.3 is 5.32 Å². The van der Waals surface area contributed by atoms with Crippen LogP contribution in [0.4, 0.5) is 0 Å². The highest BCUT2D eigenvalue weighted by molar-refractivity contribution is 4.76. The highest BCUT2D eigenvalue weighted by atomic mass is 14.9. The first-order valence-corrected chi connectivity index (χ1v) is 3.93. The van der Waals surface area contributed by atoms with E-state index in [0.29, 0.717) is 0 Å². The van der Waals surface area contributed by atoms with Gasteiger partial charge in [0.05, 0.1) is 0 Å². The molecule has 1 N–H and O–H groups in total. The molecule has 0 aromatic carbocycles. The van der Waals surface area contributed by atoms with E-state index in [4.69, 9.17) is 0 Å². The first-order valence-electron chi connectivity index (χ1n) is 3.93. The lowest BCUT2D eigenvalue weighted by atomic mass is 9.86. The molecule has 1 aliphatic heterocycles. The van der Waals surface area contributed by atoms with Gasteiger partial charge in [-0.05, 0) is 31.7 Å². The molecule has 1 aliphatic rings. The molecule has 0 saturated carbocycles. The van der Waals surface area contributed by atoms with Crippen molar-refractivity contribution >= 4 is 0 Å². The predicted octanol–water partition coefficient (Wildman–Crippen LogP) is 1.64. The fraction of sp³-hybridized carbons (Fsp3) is 1.00. The molecule has 1 heterocycles. The average molecular weight is 127 g/mol. The Labute approximate surface area is 57.8 Å². The van der Waals surface area contributed by atoms with Crippen LogP contribution in [0.1, 0.15) is 27.2 Å². The Morgan fingerprint density at radius 1 is 1.11 bits per heavy atom. The lowest BCUT2D eigenvalue weighted by molar-refractivity contribution is 0.251. The standard InChI is InChI=1S/C8H17N/c1-6-4-8(3)9-5-7(6)2/h6-9H,4-5H2,1-3H3. The van der Waals surface area contributed by atoms with Crippen molar-refractivity contribution in [3.63, 3.8) is 0 Å². The van der Waals surface area contributed by atoms with Crippen LogP contribution in [0.3, 0.4) is 0 Å². The van der Waals surface area contributed by atoms with Crippen molar-refractivity contribution in [1.29, 1.82) is 0 Å². The van der Waals surface area contributed by atoms with Gasteiger partial charge in [0.1, 0.15) is 0 Å². The van der Waals surface area contributed by atoms with E-state index in [1.807, 2.05) is 0 Å². The molecule has 1 nitrogen and oxygen atoms in total. The van der Waals surface area contributed by atoms with Gasteiger partial charge >= 0.3 is 0 Å². The maximum Gasteiger partial charge on any atom is 0.00414 e. The van der Waals surface area contributed by atoms with Crippen molar-refractivity contribution in [1.82, 2.24) is 5.32 Å². The van der Waals surface area contributed by atoms with E-state index in [1.165, 1.54) is 13.0 Å². The zero-order chi connectivity index (χ0) is 6.85. The van der Waals surface area contributed by atoms with Gasteiger partial charge in [-0.25, -0.2) is 0 Å². The van der Waals surface area contributed by atoms with Gasteiger partial charge in [0.2, 0.25) is 0 Å². The van der Waals surface area contributed by atoms with E-state index < -0.39 is 0 Å². The molecule has 0 aliphatic carbocycles. The van der Waals surface area contributed by atoms with Crippen molar-refractivity contribution in [3.05, 3.63) is 0 Å². The van der Waals surface area contributed by atoms with Crippen molar-refractivity contribution in [2.24, 2.45) is 11.8 Å². The van der Waals surface area contributed by atoms with Crippen LogP contribution >= 0.6 is 0 Å². The third-order valence-corrected chi connectivity index (χ3v) is 2.49. The number of piperidine rings is 1. The SMILES string of the molecule is CC1CC(C)C(C)CN1. The zero-order valence-electron chi connectivity index (χ0n) is 6.65. The number of hydrogen-bond acceptors (Lipinski definition) is 1. The highest BCUT2D eigenvalue weighted by Crippen LogP contribution is 2.20. The first kappa shape index (κ1) is 7.07. The van der Waals surface area contributed by atoms with Gasteiger partial charge in [0.15, 0.2) is 0 Å². The van der Waals surface area contributed by atoms with E-state index in [-0.39, 0.29) is 0 Å². The average Bonchev–Trinajstić information content (AvgIpc) is 1.80. The Hall–Kier alpha value is -0.0400. The van der Waals surface area contributed by atoms with Crippen LogP contribution in [0.2, 0.25) is 0 Å². The number of nitrogens with one attached hydrogen (secondary N) is 1. The van der Waals surface area contributed by atoms with Crippen LogP contribution in [0.15, 0.2) is 0 Å². The van der Waals surface area contributed by atoms with Gasteiger partial charge in [-0.1, -0.05) is 13.8 Å². The van der Waals surface area contributed by atoms with Crippen LogP contribution < -0.4 is 5.32 Å². The fourth-order valence-corrected chi connectivity index (χ4v) is 1.46. The van der Waals surface area contributed by atoms with Gasteiger partial charge in [0, 0.05) is 6.04 Å². The molecule has 54 valence electrons. The summed E-state index contributed by atoms with van der Waals surface area (Å²) in [5.74, 6) is 1.79. The van der Waals surface area contributed by atoms with Crippen molar-refractivity contribution in [3.8, 4) is 0 Å². The molecule has 0 aromatic heterocycles. The summed E-state index contributed by atoms with van der Waals surface area (Å²) in [7, 11) is 0. The van der Waals surface area contributed by atoms with E-state index in [2.05, 4.69) is 26.1 Å². The summed E-state index contributed by atoms with van der Waals surface area (Å²) < 4.78 is 0. The molecule has 1 rings (SSSR count). The van der Waals surface area contributed by atoms with Crippen LogP contribution in [-0.4, -0.2) is 12.6 Å². The lowest BCUT2D eigenvalue weighted by Crippen LogP contribution is -2.40. The van der Waals surface area contributed by atoms with Gasteiger partial charge in [-0.15, -0.1) is 0 Å². The molecule has 0 amide bonds. The fourth-order valence-electron chi connectivity index (χ4n) is 1.46. The van der Waals surface area contributed by atoms with E-state index in [0.717, 1.165) is 17.9 Å². The third-order valence-electron chi connectivity index (χ3n) is 2.49. The second-order valence-electron chi connectivity index (χ2n) is 3.50. The topological polar surface area (TPSA) is 12.0 Å². The van der Waals surface area contributed by atoms with Gasteiger partial charge in [0.25, 0.3) is 0 Å². The molecular formula is C8H17N. The van der Waals surface area contributed by atoms with E-state index >= 15 is 0 Å². The molecule has 3 atom stereocenters. The van der Waals surface area contributed by atoms with Crippen LogP contribution in [0.25, 0.3) is 0 Å². The molecule has 1 fully saturated rings. The largest absolute Gasteiger partial charge is 0.314 e. The molecule has 0 spiro atoms. The molecule has 0 radical (unpaired) electrons. The minimum absolute atomic E-state index is 0.746. The lowest BCUT2D eigenvalue weighted by Gasteiger charge is -2.30.